The fourth-order valence-corrected chi connectivity index (χ4v) is 3.16. The Labute approximate surface area is 130 Å². The maximum atomic E-state index is 12.4. The third-order valence-electron chi connectivity index (χ3n) is 4.37. The molecule has 0 aromatic heterocycles. The highest BCUT2D eigenvalue weighted by molar-refractivity contribution is 6.09. The minimum absolute atomic E-state index is 0.0529. The van der Waals surface area contributed by atoms with E-state index in [0.29, 0.717) is 5.75 Å². The van der Waals surface area contributed by atoms with Gasteiger partial charge < -0.3 is 9.47 Å². The highest BCUT2D eigenvalue weighted by Gasteiger charge is 2.52. The molecule has 2 aromatic carbocycles. The van der Waals surface area contributed by atoms with Gasteiger partial charge in [-0.2, -0.15) is 0 Å². The highest BCUT2D eigenvalue weighted by Crippen LogP contribution is 2.54. The molecule has 3 heteroatoms. The molecule has 2 unspecified atom stereocenters. The molecule has 1 aliphatic carbocycles. The second-order valence-electron chi connectivity index (χ2n) is 5.83. The smallest absolute Gasteiger partial charge is 0.150 e. The number of Topliss-reactive ketones (excluding diaryl/α,β-unsaturated/α-hetero) is 1. The van der Waals surface area contributed by atoms with Gasteiger partial charge in [0.05, 0.1) is 26.1 Å². The normalized spacial score (nSPS) is 19.9. The van der Waals surface area contributed by atoms with Crippen molar-refractivity contribution in [3.8, 4) is 11.5 Å². The van der Waals surface area contributed by atoms with Crippen molar-refractivity contribution in [2.45, 2.75) is 25.7 Å². The second-order valence-corrected chi connectivity index (χ2v) is 5.83. The van der Waals surface area contributed by atoms with E-state index in [-0.39, 0.29) is 17.6 Å². The average Bonchev–Trinajstić information content (AvgIpc) is 3.17. The maximum absolute atomic E-state index is 12.4. The zero-order valence-electron chi connectivity index (χ0n) is 13.3. The Morgan fingerprint density at radius 2 is 1.55 bits per heavy atom. The van der Waals surface area contributed by atoms with Crippen LogP contribution in [0.15, 0.2) is 36.4 Å². The van der Waals surface area contributed by atoms with E-state index in [2.05, 4.69) is 32.0 Å². The molecule has 0 heterocycles. The van der Waals surface area contributed by atoms with Crippen LogP contribution in [0.5, 0.6) is 11.5 Å². The Morgan fingerprint density at radius 1 is 0.864 bits per heavy atom. The number of rotatable bonds is 4. The van der Waals surface area contributed by atoms with Gasteiger partial charge in [-0.3, -0.25) is 4.79 Å². The lowest BCUT2D eigenvalue weighted by molar-refractivity contribution is -0.110. The predicted molar refractivity (Wildman–Crippen MR) is 86.0 cm³/mol. The number of ether oxygens (including phenoxy) is 2. The summed E-state index contributed by atoms with van der Waals surface area (Å²) < 4.78 is 10.7. The minimum Gasteiger partial charge on any atom is -0.497 e. The van der Waals surface area contributed by atoms with Crippen LogP contribution >= 0.6 is 0 Å². The molecule has 0 spiro atoms. The Morgan fingerprint density at radius 3 is 2.18 bits per heavy atom. The van der Waals surface area contributed by atoms with Crippen molar-refractivity contribution >= 4 is 5.78 Å². The molecular weight excluding hydrogens is 276 g/mol. The molecule has 0 saturated heterocycles. The van der Waals surface area contributed by atoms with Crippen LogP contribution in [0.1, 0.15) is 34.1 Å². The quantitative estimate of drug-likeness (QED) is 0.861. The SMILES string of the molecule is COc1ccc(C2C(=O)C2c2ccc(C)cc2C)c(OC)c1. The van der Waals surface area contributed by atoms with Gasteiger partial charge in [0, 0.05) is 11.6 Å². The van der Waals surface area contributed by atoms with Crippen molar-refractivity contribution in [1.29, 1.82) is 0 Å². The molecule has 3 nitrogen and oxygen atoms in total. The third kappa shape index (κ3) is 2.37. The lowest BCUT2D eigenvalue weighted by Crippen LogP contribution is -1.94. The first kappa shape index (κ1) is 14.6. The molecule has 0 amide bonds. The zero-order valence-corrected chi connectivity index (χ0v) is 13.3. The summed E-state index contributed by atoms with van der Waals surface area (Å²) >= 11 is 0. The second kappa shape index (κ2) is 5.48. The van der Waals surface area contributed by atoms with Gasteiger partial charge in [-0.15, -0.1) is 0 Å². The molecule has 1 saturated carbocycles. The molecule has 22 heavy (non-hydrogen) atoms. The van der Waals surface area contributed by atoms with Crippen molar-refractivity contribution < 1.29 is 14.3 Å². The summed E-state index contributed by atoms with van der Waals surface area (Å²) in [5.41, 5.74) is 4.46. The first-order valence-corrected chi connectivity index (χ1v) is 7.39. The van der Waals surface area contributed by atoms with Crippen molar-refractivity contribution in [1.82, 2.24) is 0 Å². The minimum atomic E-state index is -0.109. The van der Waals surface area contributed by atoms with E-state index >= 15 is 0 Å². The molecule has 0 N–H and O–H groups in total. The lowest BCUT2D eigenvalue weighted by Gasteiger charge is -2.10. The summed E-state index contributed by atoms with van der Waals surface area (Å²) in [5, 5.41) is 0. The topological polar surface area (TPSA) is 35.5 Å². The number of methoxy groups -OCH3 is 2. The van der Waals surface area contributed by atoms with Gasteiger partial charge in [-0.1, -0.05) is 29.8 Å². The molecule has 0 radical (unpaired) electrons. The van der Waals surface area contributed by atoms with Crippen LogP contribution in [0.2, 0.25) is 0 Å². The van der Waals surface area contributed by atoms with Crippen LogP contribution in [0.3, 0.4) is 0 Å². The summed E-state index contributed by atoms with van der Waals surface area (Å²) in [7, 11) is 3.24. The van der Waals surface area contributed by atoms with E-state index in [0.717, 1.165) is 16.9 Å². The molecule has 114 valence electrons. The Bertz CT molecular complexity index is 733. The summed E-state index contributed by atoms with van der Waals surface area (Å²) in [6.45, 7) is 4.13. The molecular formula is C19H20O3. The summed E-state index contributed by atoms with van der Waals surface area (Å²) in [6.07, 6.45) is 0. The van der Waals surface area contributed by atoms with Crippen molar-refractivity contribution in [2.75, 3.05) is 14.2 Å². The van der Waals surface area contributed by atoms with Crippen molar-refractivity contribution in [3.05, 3.63) is 58.7 Å². The Balaban J connectivity index is 1.96. The van der Waals surface area contributed by atoms with E-state index in [1.54, 1.807) is 14.2 Å². The van der Waals surface area contributed by atoms with Crippen LogP contribution in [-0.2, 0) is 4.79 Å². The van der Waals surface area contributed by atoms with Crippen LogP contribution in [0, 0.1) is 13.8 Å². The average molecular weight is 296 g/mol. The van der Waals surface area contributed by atoms with E-state index in [4.69, 9.17) is 9.47 Å². The van der Waals surface area contributed by atoms with Crippen LogP contribution in [-0.4, -0.2) is 20.0 Å². The number of hydrogen-bond donors (Lipinski definition) is 0. The lowest BCUT2D eigenvalue weighted by atomic mass is 9.98. The fraction of sp³-hybridized carbons (Fsp3) is 0.316. The first-order valence-electron chi connectivity index (χ1n) is 7.39. The number of hydrogen-bond acceptors (Lipinski definition) is 3. The third-order valence-corrected chi connectivity index (χ3v) is 4.37. The Kier molecular flexibility index (Phi) is 3.65. The van der Waals surface area contributed by atoms with Crippen molar-refractivity contribution in [3.63, 3.8) is 0 Å². The maximum Gasteiger partial charge on any atom is 0.150 e. The molecule has 0 aliphatic heterocycles. The first-order chi connectivity index (χ1) is 10.6. The largest absolute Gasteiger partial charge is 0.497 e. The molecule has 1 aliphatic rings. The standard InChI is InChI=1S/C19H20O3/c1-11-5-7-14(12(2)9-11)17-18(19(17)20)15-8-6-13(21-3)10-16(15)22-4/h5-10,17-18H,1-4H3. The number of aryl methyl sites for hydroxylation is 2. The molecule has 1 fully saturated rings. The molecule has 2 atom stereocenters. The van der Waals surface area contributed by atoms with E-state index < -0.39 is 0 Å². The molecule has 2 aromatic rings. The zero-order chi connectivity index (χ0) is 15.9. The van der Waals surface area contributed by atoms with Gasteiger partial charge in [0.1, 0.15) is 17.3 Å². The van der Waals surface area contributed by atoms with E-state index in [1.807, 2.05) is 18.2 Å². The number of ketones is 1. The monoisotopic (exact) mass is 296 g/mol. The number of carbonyl (C=O) groups is 1. The van der Waals surface area contributed by atoms with Crippen LogP contribution < -0.4 is 9.47 Å². The van der Waals surface area contributed by atoms with E-state index in [9.17, 15) is 4.79 Å². The molecule has 0 bridgehead atoms. The van der Waals surface area contributed by atoms with Gasteiger partial charge in [0.15, 0.2) is 0 Å². The predicted octanol–water partition coefficient (Wildman–Crippen LogP) is 3.77. The highest BCUT2D eigenvalue weighted by atomic mass is 16.5. The fourth-order valence-electron chi connectivity index (χ4n) is 3.16. The number of benzene rings is 2. The summed E-state index contributed by atoms with van der Waals surface area (Å²) in [4.78, 5) is 12.4. The van der Waals surface area contributed by atoms with Gasteiger partial charge in [-0.25, -0.2) is 0 Å². The van der Waals surface area contributed by atoms with Crippen LogP contribution in [0.4, 0.5) is 0 Å². The van der Waals surface area contributed by atoms with Gasteiger partial charge in [-0.05, 0) is 31.0 Å². The van der Waals surface area contributed by atoms with Gasteiger partial charge in [0.25, 0.3) is 0 Å². The molecule has 3 rings (SSSR count). The summed E-state index contributed by atoms with van der Waals surface area (Å²) in [5.74, 6) is 1.54. The van der Waals surface area contributed by atoms with Crippen molar-refractivity contribution in [2.24, 2.45) is 0 Å². The summed E-state index contributed by atoms with van der Waals surface area (Å²) in [6, 6.07) is 11.9. The number of carbonyl (C=O) groups excluding carboxylic acids is 1. The Hall–Kier alpha value is -2.29. The van der Waals surface area contributed by atoms with Crippen LogP contribution in [0.25, 0.3) is 0 Å². The van der Waals surface area contributed by atoms with Gasteiger partial charge in [0.2, 0.25) is 0 Å². The van der Waals surface area contributed by atoms with Gasteiger partial charge >= 0.3 is 0 Å². The van der Waals surface area contributed by atoms with E-state index in [1.165, 1.54) is 11.1 Å².